The van der Waals surface area contributed by atoms with Gasteiger partial charge in [-0.05, 0) is 36.8 Å². The average molecular weight is 378 g/mol. The van der Waals surface area contributed by atoms with Crippen LogP contribution in [0.3, 0.4) is 0 Å². The SMILES string of the molecule is C[C@@H](NC(=O)COC(=O)c1cccc(O)c1)c1ccccc1Br. The highest BCUT2D eigenvalue weighted by Gasteiger charge is 2.14. The summed E-state index contributed by atoms with van der Waals surface area (Å²) >= 11 is 3.43. The molecule has 5 nitrogen and oxygen atoms in total. The quantitative estimate of drug-likeness (QED) is 0.784. The lowest BCUT2D eigenvalue weighted by molar-refractivity contribution is -0.124. The highest BCUT2D eigenvalue weighted by Crippen LogP contribution is 2.22. The summed E-state index contributed by atoms with van der Waals surface area (Å²) in [5, 5.41) is 12.1. The number of esters is 1. The van der Waals surface area contributed by atoms with E-state index in [2.05, 4.69) is 21.2 Å². The van der Waals surface area contributed by atoms with Crippen molar-refractivity contribution >= 4 is 27.8 Å². The van der Waals surface area contributed by atoms with E-state index in [0.29, 0.717) is 0 Å². The van der Waals surface area contributed by atoms with Crippen LogP contribution in [0.15, 0.2) is 53.0 Å². The Morgan fingerprint density at radius 1 is 1.22 bits per heavy atom. The van der Waals surface area contributed by atoms with Crippen molar-refractivity contribution in [2.24, 2.45) is 0 Å². The molecular weight excluding hydrogens is 362 g/mol. The number of rotatable bonds is 5. The molecule has 2 rings (SSSR count). The first-order valence-corrected chi connectivity index (χ1v) is 7.76. The number of amides is 1. The predicted molar refractivity (Wildman–Crippen MR) is 89.1 cm³/mol. The minimum atomic E-state index is -0.662. The molecule has 0 heterocycles. The Morgan fingerprint density at radius 3 is 2.65 bits per heavy atom. The van der Waals surface area contributed by atoms with Crippen LogP contribution < -0.4 is 5.32 Å². The number of phenolic OH excluding ortho intramolecular Hbond substituents is 1. The Hall–Kier alpha value is -2.34. The third-order valence-electron chi connectivity index (χ3n) is 3.17. The number of nitrogens with one attached hydrogen (secondary N) is 1. The van der Waals surface area contributed by atoms with Gasteiger partial charge in [-0.2, -0.15) is 0 Å². The molecule has 0 aliphatic rings. The lowest BCUT2D eigenvalue weighted by Gasteiger charge is -2.15. The Kier molecular flexibility index (Phi) is 5.76. The molecule has 0 unspecified atom stereocenters. The van der Waals surface area contributed by atoms with E-state index in [1.165, 1.54) is 24.3 Å². The fourth-order valence-corrected chi connectivity index (χ4v) is 2.66. The van der Waals surface area contributed by atoms with Gasteiger partial charge in [-0.15, -0.1) is 0 Å². The van der Waals surface area contributed by atoms with Gasteiger partial charge in [0.2, 0.25) is 0 Å². The van der Waals surface area contributed by atoms with Crippen molar-refractivity contribution in [1.29, 1.82) is 0 Å². The highest BCUT2D eigenvalue weighted by molar-refractivity contribution is 9.10. The number of halogens is 1. The largest absolute Gasteiger partial charge is 0.508 e. The Labute approximate surface area is 142 Å². The van der Waals surface area contributed by atoms with Crippen molar-refractivity contribution in [1.82, 2.24) is 5.32 Å². The van der Waals surface area contributed by atoms with E-state index in [-0.39, 0.29) is 24.0 Å². The van der Waals surface area contributed by atoms with Crippen LogP contribution in [0.25, 0.3) is 0 Å². The van der Waals surface area contributed by atoms with Gasteiger partial charge in [0, 0.05) is 4.47 Å². The number of carbonyl (C=O) groups excluding carboxylic acids is 2. The standard InChI is InChI=1S/C17H16BrNO4/c1-11(14-7-2-3-8-15(14)18)19-16(21)10-23-17(22)12-5-4-6-13(20)9-12/h2-9,11,20H,10H2,1H3,(H,19,21)/t11-/m1/s1. The minimum Gasteiger partial charge on any atom is -0.508 e. The highest BCUT2D eigenvalue weighted by atomic mass is 79.9. The molecule has 2 aromatic rings. The maximum Gasteiger partial charge on any atom is 0.338 e. The summed E-state index contributed by atoms with van der Waals surface area (Å²) in [4.78, 5) is 23.7. The summed E-state index contributed by atoms with van der Waals surface area (Å²) < 4.78 is 5.83. The van der Waals surface area contributed by atoms with E-state index >= 15 is 0 Å². The molecule has 0 fully saturated rings. The lowest BCUT2D eigenvalue weighted by atomic mass is 10.1. The van der Waals surface area contributed by atoms with Gasteiger partial charge in [-0.1, -0.05) is 40.2 Å². The van der Waals surface area contributed by atoms with Gasteiger partial charge < -0.3 is 15.2 Å². The number of carbonyl (C=O) groups is 2. The summed E-state index contributed by atoms with van der Waals surface area (Å²) in [7, 11) is 0. The lowest BCUT2D eigenvalue weighted by Crippen LogP contribution is -2.31. The van der Waals surface area contributed by atoms with Crippen molar-refractivity contribution < 1.29 is 19.4 Å². The molecule has 1 atom stereocenters. The van der Waals surface area contributed by atoms with Gasteiger partial charge in [0.05, 0.1) is 11.6 Å². The molecule has 120 valence electrons. The molecule has 2 N–H and O–H groups in total. The zero-order chi connectivity index (χ0) is 16.8. The Morgan fingerprint density at radius 2 is 1.96 bits per heavy atom. The topological polar surface area (TPSA) is 75.6 Å². The number of ether oxygens (including phenoxy) is 1. The first kappa shape index (κ1) is 17.0. The van der Waals surface area contributed by atoms with Crippen LogP contribution in [0.4, 0.5) is 0 Å². The van der Waals surface area contributed by atoms with Gasteiger partial charge in [0.15, 0.2) is 6.61 Å². The van der Waals surface area contributed by atoms with Crippen molar-refractivity contribution in [3.63, 3.8) is 0 Å². The fourth-order valence-electron chi connectivity index (χ4n) is 2.03. The first-order valence-electron chi connectivity index (χ1n) is 6.97. The van der Waals surface area contributed by atoms with Crippen molar-refractivity contribution in [2.45, 2.75) is 13.0 Å². The minimum absolute atomic E-state index is 0.0357. The van der Waals surface area contributed by atoms with E-state index in [1.807, 2.05) is 31.2 Å². The van der Waals surface area contributed by atoms with Crippen LogP contribution in [-0.4, -0.2) is 23.6 Å². The molecule has 0 spiro atoms. The number of benzene rings is 2. The van der Waals surface area contributed by atoms with E-state index in [4.69, 9.17) is 4.74 Å². The second-order valence-corrected chi connectivity index (χ2v) is 5.79. The van der Waals surface area contributed by atoms with E-state index < -0.39 is 11.9 Å². The zero-order valence-electron chi connectivity index (χ0n) is 12.5. The molecule has 0 saturated heterocycles. The van der Waals surface area contributed by atoms with Crippen LogP contribution in [0.1, 0.15) is 28.9 Å². The summed E-state index contributed by atoms with van der Waals surface area (Å²) in [5.74, 6) is -1.10. The molecule has 6 heteroatoms. The molecule has 0 bridgehead atoms. The van der Waals surface area contributed by atoms with E-state index in [0.717, 1.165) is 10.0 Å². The van der Waals surface area contributed by atoms with E-state index in [1.54, 1.807) is 0 Å². The van der Waals surface area contributed by atoms with Crippen LogP contribution in [-0.2, 0) is 9.53 Å². The van der Waals surface area contributed by atoms with E-state index in [9.17, 15) is 14.7 Å². The normalized spacial score (nSPS) is 11.6. The van der Waals surface area contributed by atoms with Gasteiger partial charge >= 0.3 is 5.97 Å². The van der Waals surface area contributed by atoms with Gasteiger partial charge in [0.1, 0.15) is 5.75 Å². The molecule has 0 aliphatic carbocycles. The third kappa shape index (κ3) is 4.82. The number of hydrogen-bond donors (Lipinski definition) is 2. The number of aromatic hydroxyl groups is 1. The second kappa shape index (κ2) is 7.78. The van der Waals surface area contributed by atoms with Crippen LogP contribution in [0, 0.1) is 0 Å². The summed E-state index contributed by atoms with van der Waals surface area (Å²) in [6, 6.07) is 13.1. The maximum atomic E-state index is 11.9. The number of phenols is 1. The Balaban J connectivity index is 1.88. The van der Waals surface area contributed by atoms with Crippen LogP contribution >= 0.6 is 15.9 Å². The van der Waals surface area contributed by atoms with Gasteiger partial charge in [-0.3, -0.25) is 4.79 Å². The smallest absolute Gasteiger partial charge is 0.338 e. The molecule has 23 heavy (non-hydrogen) atoms. The first-order chi connectivity index (χ1) is 11.0. The maximum absolute atomic E-state index is 11.9. The zero-order valence-corrected chi connectivity index (χ0v) is 14.0. The molecule has 0 radical (unpaired) electrons. The summed E-state index contributed by atoms with van der Waals surface area (Å²) in [5.41, 5.74) is 1.12. The van der Waals surface area contributed by atoms with Crippen LogP contribution in [0.2, 0.25) is 0 Å². The molecule has 0 aliphatic heterocycles. The fraction of sp³-hybridized carbons (Fsp3) is 0.176. The van der Waals surface area contributed by atoms with Crippen molar-refractivity contribution in [3.05, 3.63) is 64.1 Å². The average Bonchev–Trinajstić information content (AvgIpc) is 2.53. The van der Waals surface area contributed by atoms with Gasteiger partial charge in [-0.25, -0.2) is 4.79 Å². The van der Waals surface area contributed by atoms with Crippen molar-refractivity contribution in [2.75, 3.05) is 6.61 Å². The third-order valence-corrected chi connectivity index (χ3v) is 3.89. The monoisotopic (exact) mass is 377 g/mol. The molecule has 2 aromatic carbocycles. The van der Waals surface area contributed by atoms with Gasteiger partial charge in [0.25, 0.3) is 5.91 Å². The second-order valence-electron chi connectivity index (χ2n) is 4.94. The Bertz CT molecular complexity index is 717. The molecule has 0 saturated carbocycles. The molecule has 1 amide bonds. The van der Waals surface area contributed by atoms with Crippen molar-refractivity contribution in [3.8, 4) is 5.75 Å². The molecule has 0 aromatic heterocycles. The predicted octanol–water partition coefficient (Wildman–Crippen LogP) is 3.19. The molecular formula is C17H16BrNO4. The summed E-state index contributed by atoms with van der Waals surface area (Å²) in [6.07, 6.45) is 0. The summed E-state index contributed by atoms with van der Waals surface area (Å²) in [6.45, 7) is 1.46. The van der Waals surface area contributed by atoms with Crippen LogP contribution in [0.5, 0.6) is 5.75 Å². The number of hydrogen-bond acceptors (Lipinski definition) is 4.